The molecule has 0 unspecified atom stereocenters. The van der Waals surface area contributed by atoms with E-state index in [-0.39, 0.29) is 17.0 Å². The third kappa shape index (κ3) is 5.63. The fourth-order valence-electron chi connectivity index (χ4n) is 2.13. The summed E-state index contributed by atoms with van der Waals surface area (Å²) in [5.74, 6) is 1.81. The van der Waals surface area contributed by atoms with Gasteiger partial charge >= 0.3 is 0 Å². The first kappa shape index (κ1) is 19.0. The maximum atomic E-state index is 5.37. The molecule has 0 aliphatic heterocycles. The highest BCUT2D eigenvalue weighted by Gasteiger charge is 2.03. The van der Waals surface area contributed by atoms with Crippen molar-refractivity contribution in [2.75, 3.05) is 20.8 Å². The molecule has 5 heteroatoms. The van der Waals surface area contributed by atoms with Crippen LogP contribution in [-0.4, -0.2) is 20.8 Å². The average molecular weight is 431 g/mol. The molecule has 2 rings (SSSR count). The molecule has 0 bridgehead atoms. The van der Waals surface area contributed by atoms with Crippen molar-refractivity contribution in [3.8, 4) is 11.5 Å². The van der Waals surface area contributed by atoms with E-state index in [4.69, 9.17) is 9.47 Å². The summed E-state index contributed by atoms with van der Waals surface area (Å²) >= 11 is 3.49. The molecule has 0 amide bonds. The fraction of sp³-hybridized carbons (Fsp3) is 0.294. The molecule has 0 heterocycles. The van der Waals surface area contributed by atoms with Crippen LogP contribution in [0.15, 0.2) is 46.9 Å². The SMILES string of the molecule is Br.COc1ccc(CCNCc2cc(Br)ccc2OC)cc1. The Hall–Kier alpha value is -1.04. The van der Waals surface area contributed by atoms with Gasteiger partial charge in [0, 0.05) is 16.6 Å². The van der Waals surface area contributed by atoms with Crippen LogP contribution >= 0.6 is 32.9 Å². The van der Waals surface area contributed by atoms with Crippen molar-refractivity contribution < 1.29 is 9.47 Å². The van der Waals surface area contributed by atoms with Gasteiger partial charge < -0.3 is 14.8 Å². The smallest absolute Gasteiger partial charge is 0.123 e. The first-order valence-electron chi connectivity index (χ1n) is 6.89. The Morgan fingerprint density at radius 3 is 2.36 bits per heavy atom. The van der Waals surface area contributed by atoms with Gasteiger partial charge in [-0.3, -0.25) is 0 Å². The van der Waals surface area contributed by atoms with E-state index >= 15 is 0 Å². The van der Waals surface area contributed by atoms with Gasteiger partial charge in [0.05, 0.1) is 14.2 Å². The molecule has 120 valence electrons. The van der Waals surface area contributed by atoms with Gasteiger partial charge in [-0.1, -0.05) is 28.1 Å². The minimum absolute atomic E-state index is 0. The molecule has 0 fully saturated rings. The number of ether oxygens (including phenoxy) is 2. The summed E-state index contributed by atoms with van der Waals surface area (Å²) in [6.45, 7) is 1.71. The highest BCUT2D eigenvalue weighted by atomic mass is 79.9. The zero-order valence-electron chi connectivity index (χ0n) is 12.8. The lowest BCUT2D eigenvalue weighted by Crippen LogP contribution is -2.17. The molecule has 3 nitrogen and oxygen atoms in total. The Morgan fingerprint density at radius 2 is 1.73 bits per heavy atom. The first-order chi connectivity index (χ1) is 10.2. The lowest BCUT2D eigenvalue weighted by Gasteiger charge is -2.10. The largest absolute Gasteiger partial charge is 0.497 e. The van der Waals surface area contributed by atoms with Crippen LogP contribution < -0.4 is 14.8 Å². The molecule has 0 spiro atoms. The Bertz CT molecular complexity index is 573. The molecule has 0 aliphatic rings. The predicted octanol–water partition coefficient (Wildman–Crippen LogP) is 4.38. The van der Waals surface area contributed by atoms with Gasteiger partial charge in [0.15, 0.2) is 0 Å². The normalized spacial score (nSPS) is 9.95. The van der Waals surface area contributed by atoms with Crippen LogP contribution in [0, 0.1) is 0 Å². The van der Waals surface area contributed by atoms with Crippen molar-refractivity contribution in [3.63, 3.8) is 0 Å². The average Bonchev–Trinajstić information content (AvgIpc) is 2.52. The molecule has 1 N–H and O–H groups in total. The van der Waals surface area contributed by atoms with Crippen LogP contribution in [0.25, 0.3) is 0 Å². The molecule has 0 atom stereocenters. The Labute approximate surface area is 150 Å². The minimum atomic E-state index is 0. The second-order valence-electron chi connectivity index (χ2n) is 4.73. The van der Waals surface area contributed by atoms with Crippen LogP contribution in [0.5, 0.6) is 11.5 Å². The molecular formula is C17H21Br2NO2. The standard InChI is InChI=1S/C17H20BrNO2.BrH/c1-20-16-6-3-13(4-7-16)9-10-19-12-14-11-15(18)5-8-17(14)21-2;/h3-8,11,19H,9-10,12H2,1-2H3;1H. The van der Waals surface area contributed by atoms with Crippen molar-refractivity contribution >= 4 is 32.9 Å². The van der Waals surface area contributed by atoms with Crippen molar-refractivity contribution in [1.29, 1.82) is 0 Å². The van der Waals surface area contributed by atoms with Gasteiger partial charge in [0.2, 0.25) is 0 Å². The molecule has 0 aromatic heterocycles. The van der Waals surface area contributed by atoms with Crippen LogP contribution in [-0.2, 0) is 13.0 Å². The topological polar surface area (TPSA) is 30.5 Å². The molecular weight excluding hydrogens is 410 g/mol. The summed E-state index contributed by atoms with van der Waals surface area (Å²) < 4.78 is 11.6. The van der Waals surface area contributed by atoms with Crippen molar-refractivity contribution in [3.05, 3.63) is 58.1 Å². The molecule has 2 aromatic carbocycles. The Balaban J connectivity index is 0.00000242. The minimum Gasteiger partial charge on any atom is -0.497 e. The zero-order chi connectivity index (χ0) is 15.1. The van der Waals surface area contributed by atoms with E-state index in [1.807, 2.05) is 24.3 Å². The van der Waals surface area contributed by atoms with E-state index in [1.54, 1.807) is 14.2 Å². The van der Waals surface area contributed by atoms with Crippen LogP contribution in [0.1, 0.15) is 11.1 Å². The molecule has 22 heavy (non-hydrogen) atoms. The van der Waals surface area contributed by atoms with E-state index < -0.39 is 0 Å². The number of rotatable bonds is 7. The highest BCUT2D eigenvalue weighted by Crippen LogP contribution is 2.22. The maximum absolute atomic E-state index is 5.37. The predicted molar refractivity (Wildman–Crippen MR) is 99.4 cm³/mol. The lowest BCUT2D eigenvalue weighted by atomic mass is 10.1. The van der Waals surface area contributed by atoms with E-state index in [0.29, 0.717) is 0 Å². The van der Waals surface area contributed by atoms with Crippen molar-refractivity contribution in [1.82, 2.24) is 5.32 Å². The Kier molecular flexibility index (Phi) is 8.53. The second kappa shape index (κ2) is 9.87. The highest BCUT2D eigenvalue weighted by molar-refractivity contribution is 9.10. The number of benzene rings is 2. The summed E-state index contributed by atoms with van der Waals surface area (Å²) in [6.07, 6.45) is 0.986. The van der Waals surface area contributed by atoms with Gasteiger partial charge in [0.25, 0.3) is 0 Å². The Morgan fingerprint density at radius 1 is 1.00 bits per heavy atom. The molecule has 0 radical (unpaired) electrons. The van der Waals surface area contributed by atoms with Gasteiger partial charge in [-0.25, -0.2) is 0 Å². The summed E-state index contributed by atoms with van der Waals surface area (Å²) in [5, 5.41) is 3.45. The van der Waals surface area contributed by atoms with Gasteiger partial charge in [0.1, 0.15) is 11.5 Å². The number of hydrogen-bond donors (Lipinski definition) is 1. The maximum Gasteiger partial charge on any atom is 0.123 e. The van der Waals surface area contributed by atoms with E-state index in [2.05, 4.69) is 39.4 Å². The van der Waals surface area contributed by atoms with Crippen molar-refractivity contribution in [2.45, 2.75) is 13.0 Å². The van der Waals surface area contributed by atoms with Gasteiger partial charge in [-0.2, -0.15) is 0 Å². The monoisotopic (exact) mass is 429 g/mol. The van der Waals surface area contributed by atoms with E-state index in [9.17, 15) is 0 Å². The zero-order valence-corrected chi connectivity index (χ0v) is 16.1. The quantitative estimate of drug-likeness (QED) is 0.661. The lowest BCUT2D eigenvalue weighted by molar-refractivity contribution is 0.407. The summed E-state index contributed by atoms with van der Waals surface area (Å²) in [5.41, 5.74) is 2.45. The molecule has 0 aliphatic carbocycles. The summed E-state index contributed by atoms with van der Waals surface area (Å²) in [7, 11) is 3.38. The third-order valence-electron chi connectivity index (χ3n) is 3.31. The molecule has 0 saturated carbocycles. The van der Waals surface area contributed by atoms with E-state index in [0.717, 1.165) is 41.0 Å². The fourth-order valence-corrected chi connectivity index (χ4v) is 2.54. The number of hydrogen-bond acceptors (Lipinski definition) is 3. The molecule has 0 saturated heterocycles. The number of halogens is 2. The number of methoxy groups -OCH3 is 2. The van der Waals surface area contributed by atoms with E-state index in [1.165, 1.54) is 5.56 Å². The van der Waals surface area contributed by atoms with Crippen LogP contribution in [0.3, 0.4) is 0 Å². The second-order valence-corrected chi connectivity index (χ2v) is 5.65. The molecule has 2 aromatic rings. The van der Waals surface area contributed by atoms with Crippen LogP contribution in [0.2, 0.25) is 0 Å². The first-order valence-corrected chi connectivity index (χ1v) is 7.68. The third-order valence-corrected chi connectivity index (χ3v) is 3.80. The van der Waals surface area contributed by atoms with Crippen LogP contribution in [0.4, 0.5) is 0 Å². The number of nitrogens with one attached hydrogen (secondary N) is 1. The summed E-state index contributed by atoms with van der Waals surface area (Å²) in [4.78, 5) is 0. The van der Waals surface area contributed by atoms with Gasteiger partial charge in [-0.05, 0) is 48.9 Å². The van der Waals surface area contributed by atoms with Gasteiger partial charge in [-0.15, -0.1) is 17.0 Å². The van der Waals surface area contributed by atoms with Crippen molar-refractivity contribution in [2.24, 2.45) is 0 Å². The summed E-state index contributed by atoms with van der Waals surface area (Å²) in [6, 6.07) is 14.2.